The summed E-state index contributed by atoms with van der Waals surface area (Å²) in [6, 6.07) is 7.65. The van der Waals surface area contributed by atoms with E-state index in [0.29, 0.717) is 13.0 Å². The van der Waals surface area contributed by atoms with Gasteiger partial charge in [-0.25, -0.2) is 0 Å². The summed E-state index contributed by atoms with van der Waals surface area (Å²) in [7, 11) is 0. The second-order valence-electron chi connectivity index (χ2n) is 3.69. The topological polar surface area (TPSA) is 49.3 Å². The van der Waals surface area contributed by atoms with Gasteiger partial charge in [-0.05, 0) is 30.2 Å². The molecule has 0 heterocycles. The first-order valence-electron chi connectivity index (χ1n) is 5.51. The summed E-state index contributed by atoms with van der Waals surface area (Å²) < 4.78 is 1.00. The van der Waals surface area contributed by atoms with E-state index < -0.39 is 6.10 Å². The van der Waals surface area contributed by atoms with Gasteiger partial charge >= 0.3 is 0 Å². The Labute approximate surface area is 110 Å². The van der Waals surface area contributed by atoms with E-state index in [1.54, 1.807) is 6.08 Å². The summed E-state index contributed by atoms with van der Waals surface area (Å²) in [5.74, 6) is -0.194. The Bertz CT molecular complexity index is 387. The zero-order valence-electron chi connectivity index (χ0n) is 9.69. The lowest BCUT2D eigenvalue weighted by atomic mass is 10.2. The molecule has 0 aliphatic heterocycles. The van der Waals surface area contributed by atoms with Crippen molar-refractivity contribution in [2.24, 2.45) is 0 Å². The average Bonchev–Trinajstić information content (AvgIpc) is 2.35. The lowest BCUT2D eigenvalue weighted by Gasteiger charge is -2.07. The summed E-state index contributed by atoms with van der Waals surface area (Å²) in [5.41, 5.74) is 0.958. The number of hydrogen-bond donors (Lipinski definition) is 2. The van der Waals surface area contributed by atoms with Gasteiger partial charge < -0.3 is 10.4 Å². The molecule has 4 heteroatoms. The van der Waals surface area contributed by atoms with Crippen LogP contribution in [0.5, 0.6) is 0 Å². The molecule has 1 amide bonds. The summed E-state index contributed by atoms with van der Waals surface area (Å²) in [6.45, 7) is 2.16. The number of amides is 1. The first kappa shape index (κ1) is 13.9. The molecule has 17 heavy (non-hydrogen) atoms. The van der Waals surface area contributed by atoms with Gasteiger partial charge in [0.2, 0.25) is 5.91 Å². The van der Waals surface area contributed by atoms with Crippen molar-refractivity contribution >= 4 is 27.9 Å². The number of halogens is 1. The fourth-order valence-corrected chi connectivity index (χ4v) is 1.43. The molecule has 0 aromatic heterocycles. The first-order valence-corrected chi connectivity index (χ1v) is 6.30. The van der Waals surface area contributed by atoms with Crippen LogP contribution in [0.4, 0.5) is 0 Å². The van der Waals surface area contributed by atoms with Gasteiger partial charge in [0.15, 0.2) is 0 Å². The minimum Gasteiger partial charge on any atom is -0.391 e. The van der Waals surface area contributed by atoms with Gasteiger partial charge in [0.1, 0.15) is 0 Å². The maximum absolute atomic E-state index is 11.4. The Hall–Kier alpha value is -1.13. The molecule has 2 N–H and O–H groups in total. The predicted molar refractivity (Wildman–Crippen MR) is 72.5 cm³/mol. The molecule has 1 rings (SSSR count). The number of rotatable bonds is 5. The predicted octanol–water partition coefficient (Wildman–Crippen LogP) is 2.35. The van der Waals surface area contributed by atoms with Crippen LogP contribution in [0.1, 0.15) is 18.9 Å². The Morgan fingerprint density at radius 3 is 2.71 bits per heavy atom. The van der Waals surface area contributed by atoms with Crippen LogP contribution in [0.25, 0.3) is 6.08 Å². The molecular weight excluding hydrogens is 282 g/mol. The molecule has 0 aliphatic rings. The van der Waals surface area contributed by atoms with Gasteiger partial charge in [0.25, 0.3) is 0 Å². The second-order valence-corrected chi connectivity index (χ2v) is 4.61. The summed E-state index contributed by atoms with van der Waals surface area (Å²) in [4.78, 5) is 11.4. The highest BCUT2D eigenvalue weighted by atomic mass is 79.9. The molecule has 0 aliphatic carbocycles. The zero-order valence-corrected chi connectivity index (χ0v) is 11.3. The summed E-state index contributed by atoms with van der Waals surface area (Å²) in [6.07, 6.45) is 3.36. The van der Waals surface area contributed by atoms with Crippen LogP contribution in [-0.2, 0) is 4.79 Å². The van der Waals surface area contributed by atoms with Gasteiger partial charge in [0.05, 0.1) is 6.10 Å². The maximum atomic E-state index is 11.4. The van der Waals surface area contributed by atoms with E-state index >= 15 is 0 Å². The normalized spacial score (nSPS) is 12.6. The van der Waals surface area contributed by atoms with Crippen LogP contribution in [0.2, 0.25) is 0 Å². The van der Waals surface area contributed by atoms with Crippen molar-refractivity contribution in [3.8, 4) is 0 Å². The smallest absolute Gasteiger partial charge is 0.244 e. The monoisotopic (exact) mass is 297 g/mol. The number of carbonyl (C=O) groups excluding carboxylic acids is 1. The van der Waals surface area contributed by atoms with Crippen LogP contribution < -0.4 is 5.32 Å². The van der Waals surface area contributed by atoms with Gasteiger partial charge in [-0.1, -0.05) is 35.0 Å². The second kappa shape index (κ2) is 7.25. The van der Waals surface area contributed by atoms with Crippen LogP contribution in [0.3, 0.4) is 0 Å². The Morgan fingerprint density at radius 2 is 2.12 bits per heavy atom. The SMILES string of the molecule is CCC(O)CNC(=O)/C=C/c1ccc(Br)cc1. The van der Waals surface area contributed by atoms with E-state index in [4.69, 9.17) is 0 Å². The van der Waals surface area contributed by atoms with E-state index in [1.165, 1.54) is 6.08 Å². The van der Waals surface area contributed by atoms with E-state index in [1.807, 2.05) is 31.2 Å². The average molecular weight is 298 g/mol. The first-order chi connectivity index (χ1) is 8.11. The van der Waals surface area contributed by atoms with Crippen molar-refractivity contribution in [1.82, 2.24) is 5.32 Å². The van der Waals surface area contributed by atoms with Gasteiger partial charge in [0, 0.05) is 17.1 Å². The molecule has 1 aromatic rings. The minimum absolute atomic E-state index is 0.194. The highest BCUT2D eigenvalue weighted by molar-refractivity contribution is 9.10. The lowest BCUT2D eigenvalue weighted by molar-refractivity contribution is -0.116. The number of carbonyl (C=O) groups is 1. The van der Waals surface area contributed by atoms with E-state index in [0.717, 1.165) is 10.0 Å². The van der Waals surface area contributed by atoms with Crippen molar-refractivity contribution in [1.29, 1.82) is 0 Å². The molecule has 1 unspecified atom stereocenters. The van der Waals surface area contributed by atoms with Crippen molar-refractivity contribution in [2.75, 3.05) is 6.54 Å². The molecule has 0 spiro atoms. The lowest BCUT2D eigenvalue weighted by Crippen LogP contribution is -2.30. The molecule has 0 saturated carbocycles. The van der Waals surface area contributed by atoms with Crippen LogP contribution in [0.15, 0.2) is 34.8 Å². The van der Waals surface area contributed by atoms with Crippen LogP contribution in [0, 0.1) is 0 Å². The van der Waals surface area contributed by atoms with Gasteiger partial charge in [-0.15, -0.1) is 0 Å². The fourth-order valence-electron chi connectivity index (χ4n) is 1.17. The zero-order chi connectivity index (χ0) is 12.7. The molecule has 1 atom stereocenters. The quantitative estimate of drug-likeness (QED) is 0.820. The summed E-state index contributed by atoms with van der Waals surface area (Å²) >= 11 is 3.34. The third kappa shape index (κ3) is 5.65. The highest BCUT2D eigenvalue weighted by Crippen LogP contribution is 2.11. The third-order valence-corrected chi connectivity index (χ3v) is 2.81. The fraction of sp³-hybridized carbons (Fsp3) is 0.308. The Kier molecular flexibility index (Phi) is 5.94. The standard InChI is InChI=1S/C13H16BrNO2/c1-2-12(16)9-15-13(17)8-5-10-3-6-11(14)7-4-10/h3-8,12,16H,2,9H2,1H3,(H,15,17)/b8-5+. The minimum atomic E-state index is -0.472. The van der Waals surface area contributed by atoms with Crippen LogP contribution >= 0.6 is 15.9 Å². The number of hydrogen-bond acceptors (Lipinski definition) is 2. The van der Waals surface area contributed by atoms with Crippen LogP contribution in [-0.4, -0.2) is 23.7 Å². The number of aliphatic hydroxyl groups is 1. The molecule has 92 valence electrons. The molecule has 0 radical (unpaired) electrons. The van der Waals surface area contributed by atoms with Crippen molar-refractivity contribution < 1.29 is 9.90 Å². The number of aliphatic hydroxyl groups excluding tert-OH is 1. The Morgan fingerprint density at radius 1 is 1.47 bits per heavy atom. The highest BCUT2D eigenvalue weighted by Gasteiger charge is 2.01. The Balaban J connectivity index is 2.42. The molecular formula is C13H16BrNO2. The molecule has 0 fully saturated rings. The van der Waals surface area contributed by atoms with E-state index in [2.05, 4.69) is 21.2 Å². The van der Waals surface area contributed by atoms with Crippen molar-refractivity contribution in [2.45, 2.75) is 19.4 Å². The molecule has 3 nitrogen and oxygen atoms in total. The van der Waals surface area contributed by atoms with E-state index in [-0.39, 0.29) is 5.91 Å². The van der Waals surface area contributed by atoms with Gasteiger partial charge in [-0.2, -0.15) is 0 Å². The molecule has 1 aromatic carbocycles. The summed E-state index contributed by atoms with van der Waals surface area (Å²) in [5, 5.41) is 11.9. The molecule has 0 bridgehead atoms. The largest absolute Gasteiger partial charge is 0.391 e. The van der Waals surface area contributed by atoms with E-state index in [9.17, 15) is 9.90 Å². The van der Waals surface area contributed by atoms with Crippen molar-refractivity contribution in [3.63, 3.8) is 0 Å². The number of nitrogens with one attached hydrogen (secondary N) is 1. The van der Waals surface area contributed by atoms with Crippen molar-refractivity contribution in [3.05, 3.63) is 40.4 Å². The molecule has 0 saturated heterocycles. The maximum Gasteiger partial charge on any atom is 0.244 e. The third-order valence-electron chi connectivity index (χ3n) is 2.28. The van der Waals surface area contributed by atoms with Gasteiger partial charge in [-0.3, -0.25) is 4.79 Å². The number of benzene rings is 1.